The number of benzene rings is 3. The molecule has 4 amide bonds. The van der Waals surface area contributed by atoms with Crippen LogP contribution in [0.2, 0.25) is 0 Å². The number of carbonyl (C=O) groups is 4. The summed E-state index contributed by atoms with van der Waals surface area (Å²) in [6.45, 7) is 4.07. The van der Waals surface area contributed by atoms with Gasteiger partial charge in [0.25, 0.3) is 0 Å². The molecule has 3 aromatic carbocycles. The minimum Gasteiger partial charge on any atom is -0.341 e. The van der Waals surface area contributed by atoms with E-state index >= 15 is 0 Å². The van der Waals surface area contributed by atoms with Gasteiger partial charge in [-0.1, -0.05) is 91.0 Å². The van der Waals surface area contributed by atoms with Gasteiger partial charge >= 0.3 is 0 Å². The Labute approximate surface area is 337 Å². The van der Waals surface area contributed by atoms with Crippen LogP contribution in [0.3, 0.4) is 0 Å². The van der Waals surface area contributed by atoms with Crippen LogP contribution in [-0.2, 0) is 19.2 Å². The van der Waals surface area contributed by atoms with Gasteiger partial charge in [0, 0.05) is 57.0 Å². The number of nitrogens with zero attached hydrogens (tertiary/aromatic N) is 5. The minimum absolute atomic E-state index is 0.116. The van der Waals surface area contributed by atoms with E-state index in [0.29, 0.717) is 19.5 Å². The number of hydrogen-bond donors (Lipinski definition) is 3. The molecule has 12 nitrogen and oxygen atoms in total. The second kappa shape index (κ2) is 16.8. The van der Waals surface area contributed by atoms with Gasteiger partial charge in [0.1, 0.15) is 17.9 Å². The molecule has 0 unspecified atom stereocenters. The highest BCUT2D eigenvalue weighted by Gasteiger charge is 2.38. The number of carbonyl (C=O) groups excluding carboxylic acids is 4. The van der Waals surface area contributed by atoms with Crippen LogP contribution in [0.1, 0.15) is 86.6 Å². The monoisotopic (exact) mass is 774 g/mol. The van der Waals surface area contributed by atoms with E-state index in [9.17, 15) is 19.2 Å². The van der Waals surface area contributed by atoms with Crippen LogP contribution in [0, 0.1) is 0 Å². The number of nitrogens with one attached hydrogen (secondary N) is 3. The second-order valence-corrected chi connectivity index (χ2v) is 15.1. The molecule has 0 spiro atoms. The zero-order chi connectivity index (χ0) is 40.2. The van der Waals surface area contributed by atoms with Crippen LogP contribution >= 0.6 is 0 Å². The summed E-state index contributed by atoms with van der Waals surface area (Å²) in [5, 5.41) is 5.70. The smallest absolute Gasteiger partial charge is 0.250 e. The van der Waals surface area contributed by atoms with Crippen molar-refractivity contribution in [3.63, 3.8) is 0 Å². The molecular weight excluding hydrogens is 729 g/mol. The van der Waals surface area contributed by atoms with Gasteiger partial charge in [0.05, 0.1) is 29.7 Å². The van der Waals surface area contributed by atoms with E-state index in [2.05, 4.69) is 21.7 Å². The van der Waals surface area contributed by atoms with Crippen molar-refractivity contribution in [3.8, 4) is 22.5 Å². The molecule has 2 aromatic heterocycles. The Morgan fingerprint density at radius 1 is 0.655 bits per heavy atom. The first-order valence-electron chi connectivity index (χ1n) is 19.9. The van der Waals surface area contributed by atoms with Gasteiger partial charge in [0.15, 0.2) is 0 Å². The topological polar surface area (TPSA) is 153 Å². The van der Waals surface area contributed by atoms with Gasteiger partial charge in [-0.3, -0.25) is 29.2 Å². The highest BCUT2D eigenvalue weighted by Crippen LogP contribution is 2.35. The molecule has 0 radical (unpaired) electrons. The largest absolute Gasteiger partial charge is 0.341 e. The molecule has 3 N–H and O–H groups in total. The van der Waals surface area contributed by atoms with Crippen molar-refractivity contribution in [2.75, 3.05) is 13.1 Å². The van der Waals surface area contributed by atoms with E-state index in [0.717, 1.165) is 82.0 Å². The number of allylic oxidation sites excluding steroid dienone is 1. The summed E-state index contributed by atoms with van der Waals surface area (Å²) in [5.41, 5.74) is 8.10. The zero-order valence-electron chi connectivity index (χ0n) is 32.6. The third-order valence-corrected chi connectivity index (χ3v) is 11.2. The Hall–Kier alpha value is -6.69. The van der Waals surface area contributed by atoms with Crippen LogP contribution < -0.4 is 10.6 Å². The highest BCUT2D eigenvalue weighted by atomic mass is 16.2. The molecule has 0 aliphatic carbocycles. The summed E-state index contributed by atoms with van der Waals surface area (Å²) < 4.78 is 0. The van der Waals surface area contributed by atoms with Crippen molar-refractivity contribution in [3.05, 3.63) is 138 Å². The number of imidazole rings is 1. The van der Waals surface area contributed by atoms with Crippen molar-refractivity contribution < 1.29 is 19.2 Å². The van der Waals surface area contributed by atoms with Gasteiger partial charge in [-0.2, -0.15) is 0 Å². The van der Waals surface area contributed by atoms with Crippen molar-refractivity contribution in [1.29, 1.82) is 0 Å². The van der Waals surface area contributed by atoms with Crippen LogP contribution in [-0.4, -0.2) is 73.2 Å². The van der Waals surface area contributed by atoms with Gasteiger partial charge in [-0.25, -0.2) is 4.98 Å². The molecule has 58 heavy (non-hydrogen) atoms. The first kappa shape index (κ1) is 38.2. The maximum absolute atomic E-state index is 13.9. The van der Waals surface area contributed by atoms with Crippen molar-refractivity contribution in [1.82, 2.24) is 35.4 Å². The summed E-state index contributed by atoms with van der Waals surface area (Å²) >= 11 is 0. The maximum Gasteiger partial charge on any atom is 0.250 e. The van der Waals surface area contributed by atoms with Crippen LogP contribution in [0.5, 0.6) is 0 Å². The van der Waals surface area contributed by atoms with E-state index in [1.165, 1.54) is 13.8 Å². The number of hydrogen-bond acceptors (Lipinski definition) is 7. The normalized spacial score (nSPS) is 18.7. The number of pyridine rings is 1. The lowest BCUT2D eigenvalue weighted by Gasteiger charge is -2.29. The summed E-state index contributed by atoms with van der Waals surface area (Å²) in [6.07, 6.45) is 9.51. The van der Waals surface area contributed by atoms with Crippen molar-refractivity contribution >= 4 is 34.9 Å². The molecule has 5 heterocycles. The highest BCUT2D eigenvalue weighted by molar-refractivity contribution is 6.04. The van der Waals surface area contributed by atoms with Gasteiger partial charge in [-0.15, -0.1) is 0 Å². The van der Waals surface area contributed by atoms with E-state index in [1.807, 2.05) is 113 Å². The SMILES string of the molecule is CC(=O)N[C@@H](C(=O)N1CCC[C@H]1C1=NC=C(c2ccc(-c3ccc(-c4cnc([C@@H]5CCCN5C(=O)[C@H](NC(C)=O)c5ccccc5)[nH]4)cc3)nc2)C1)c1ccccc1. The molecule has 294 valence electrons. The first-order chi connectivity index (χ1) is 28.2. The van der Waals surface area contributed by atoms with Gasteiger partial charge in [-0.05, 0) is 59.6 Å². The lowest BCUT2D eigenvalue weighted by Crippen LogP contribution is -2.46. The number of rotatable bonds is 11. The number of likely N-dealkylation sites (tertiary alicyclic amines) is 2. The molecule has 5 aromatic rings. The predicted octanol–water partition coefficient (Wildman–Crippen LogP) is 6.73. The van der Waals surface area contributed by atoms with E-state index in [-0.39, 0.29) is 35.7 Å². The molecule has 0 saturated carbocycles. The molecule has 3 aliphatic rings. The zero-order valence-corrected chi connectivity index (χ0v) is 32.6. The van der Waals surface area contributed by atoms with E-state index in [1.54, 1.807) is 6.20 Å². The van der Waals surface area contributed by atoms with Crippen molar-refractivity contribution in [2.45, 2.75) is 70.1 Å². The Kier molecular flexibility index (Phi) is 11.1. The average molecular weight is 775 g/mol. The van der Waals surface area contributed by atoms with Crippen LogP contribution in [0.15, 0.2) is 121 Å². The number of aromatic amines is 1. The average Bonchev–Trinajstić information content (AvgIpc) is 4.09. The Morgan fingerprint density at radius 3 is 1.78 bits per heavy atom. The molecular formula is C46H46N8O4. The molecule has 8 rings (SSSR count). The molecule has 2 saturated heterocycles. The number of aliphatic imine (C=N–C) groups is 1. The fraction of sp³-hybridized carbons (Fsp3) is 0.283. The van der Waals surface area contributed by atoms with Gasteiger partial charge < -0.3 is 25.4 Å². The Bertz CT molecular complexity index is 2360. The van der Waals surface area contributed by atoms with Crippen LogP contribution in [0.4, 0.5) is 0 Å². The fourth-order valence-corrected chi connectivity index (χ4v) is 8.35. The summed E-state index contributed by atoms with van der Waals surface area (Å²) in [6, 6.07) is 29.1. The second-order valence-electron chi connectivity index (χ2n) is 15.1. The van der Waals surface area contributed by atoms with Gasteiger partial charge in [0.2, 0.25) is 23.6 Å². The molecule has 4 atom stereocenters. The maximum atomic E-state index is 13.9. The number of aromatic nitrogens is 3. The third-order valence-electron chi connectivity index (χ3n) is 11.2. The quantitative estimate of drug-likeness (QED) is 0.135. The number of amides is 4. The summed E-state index contributed by atoms with van der Waals surface area (Å²) in [5.74, 6) is -0.0522. The molecule has 2 fully saturated rings. The van der Waals surface area contributed by atoms with Crippen LogP contribution in [0.25, 0.3) is 28.1 Å². The lowest BCUT2D eigenvalue weighted by molar-refractivity contribution is -0.137. The molecule has 12 heteroatoms. The summed E-state index contributed by atoms with van der Waals surface area (Å²) in [7, 11) is 0. The first-order valence-corrected chi connectivity index (χ1v) is 19.9. The predicted molar refractivity (Wildman–Crippen MR) is 222 cm³/mol. The standard InChI is InChI=1S/C46H46N8O4/c1-29(55)50-42(33-11-5-3-6-12-33)45(57)53-23-9-15-40(53)38-25-36(27-48-38)35-21-22-37(47-26-35)31-17-19-32(20-18-31)39-28-49-44(52-39)41-16-10-24-54(41)46(58)43(51-30(2)56)34-13-7-4-8-14-34/h3-8,11-14,17-22,26-28,40-43H,9-10,15-16,23-25H2,1-2H3,(H,49,52)(H,50,55)(H,51,56)/t40-,41-,42+,43+/m0/s1. The Morgan fingerprint density at radius 2 is 1.21 bits per heavy atom. The van der Waals surface area contributed by atoms with E-state index < -0.39 is 12.1 Å². The fourth-order valence-electron chi connectivity index (χ4n) is 8.35. The summed E-state index contributed by atoms with van der Waals surface area (Å²) in [4.78, 5) is 73.3. The third kappa shape index (κ3) is 8.08. The van der Waals surface area contributed by atoms with Crippen molar-refractivity contribution in [2.24, 2.45) is 4.99 Å². The molecule has 0 bridgehead atoms. The molecule has 3 aliphatic heterocycles. The lowest BCUT2D eigenvalue weighted by atomic mass is 9.98. The minimum atomic E-state index is -0.763. The number of H-pyrrole nitrogens is 1. The Balaban J connectivity index is 0.901. The van der Waals surface area contributed by atoms with E-state index in [4.69, 9.17) is 15.0 Å².